The molecule has 40 heavy (non-hydrogen) atoms. The summed E-state index contributed by atoms with van der Waals surface area (Å²) in [5.41, 5.74) is 2.04. The van der Waals surface area contributed by atoms with Crippen LogP contribution in [-0.4, -0.2) is 48.6 Å². The van der Waals surface area contributed by atoms with Crippen LogP contribution in [0.5, 0.6) is 5.75 Å². The van der Waals surface area contributed by atoms with E-state index in [4.69, 9.17) is 9.47 Å². The molecular weight excluding hydrogens is 506 g/mol. The lowest BCUT2D eigenvalue weighted by Crippen LogP contribution is -2.52. The van der Waals surface area contributed by atoms with Crippen molar-refractivity contribution in [2.45, 2.75) is 44.9 Å². The molecule has 0 saturated heterocycles. The Bertz CT molecular complexity index is 1320. The lowest BCUT2D eigenvalue weighted by Gasteiger charge is -2.32. The van der Waals surface area contributed by atoms with Crippen LogP contribution in [0.2, 0.25) is 0 Å². The molecule has 0 bridgehead atoms. The van der Waals surface area contributed by atoms with Gasteiger partial charge in [0, 0.05) is 19.2 Å². The van der Waals surface area contributed by atoms with E-state index in [2.05, 4.69) is 17.2 Å². The fourth-order valence-corrected chi connectivity index (χ4v) is 4.16. The molecule has 0 aliphatic rings. The van der Waals surface area contributed by atoms with Gasteiger partial charge in [0.1, 0.15) is 23.4 Å². The van der Waals surface area contributed by atoms with E-state index in [9.17, 15) is 14.4 Å². The number of carbonyl (C=O) groups excluding carboxylic acids is 3. The predicted molar refractivity (Wildman–Crippen MR) is 157 cm³/mol. The smallest absolute Gasteiger partial charge is 0.408 e. The monoisotopic (exact) mass is 543 g/mol. The highest BCUT2D eigenvalue weighted by atomic mass is 16.6. The number of rotatable bonds is 10. The highest BCUT2D eigenvalue weighted by Crippen LogP contribution is 2.25. The zero-order valence-electron chi connectivity index (χ0n) is 23.6. The van der Waals surface area contributed by atoms with Gasteiger partial charge in [-0.1, -0.05) is 61.2 Å². The second kappa shape index (κ2) is 13.5. The fourth-order valence-electron chi connectivity index (χ4n) is 4.16. The van der Waals surface area contributed by atoms with Crippen LogP contribution in [0, 0.1) is 0 Å². The first-order valence-corrected chi connectivity index (χ1v) is 13.0. The maximum absolute atomic E-state index is 14.0. The van der Waals surface area contributed by atoms with Crippen LogP contribution in [-0.2, 0) is 20.7 Å². The van der Waals surface area contributed by atoms with Crippen molar-refractivity contribution in [3.63, 3.8) is 0 Å². The first kappa shape index (κ1) is 30.0. The van der Waals surface area contributed by atoms with Gasteiger partial charge < -0.3 is 25.0 Å². The van der Waals surface area contributed by atoms with E-state index >= 15 is 0 Å². The topological polar surface area (TPSA) is 97.0 Å². The van der Waals surface area contributed by atoms with Crippen LogP contribution in [0.4, 0.5) is 10.5 Å². The first-order valence-electron chi connectivity index (χ1n) is 13.0. The lowest BCUT2D eigenvalue weighted by atomic mass is 9.99. The minimum Gasteiger partial charge on any atom is -0.497 e. The maximum Gasteiger partial charge on any atom is 0.408 e. The molecule has 3 aromatic carbocycles. The van der Waals surface area contributed by atoms with E-state index in [0.717, 1.165) is 11.1 Å². The Hall–Kier alpha value is -4.59. The highest BCUT2D eigenvalue weighted by Gasteiger charge is 2.34. The van der Waals surface area contributed by atoms with E-state index < -0.39 is 35.6 Å². The number of benzene rings is 3. The average Bonchev–Trinajstić information content (AvgIpc) is 2.92. The summed E-state index contributed by atoms with van der Waals surface area (Å²) in [5.74, 6) is -0.218. The molecule has 2 unspecified atom stereocenters. The molecule has 3 aromatic rings. The van der Waals surface area contributed by atoms with Crippen LogP contribution < -0.4 is 15.4 Å². The Morgan fingerprint density at radius 3 is 2.25 bits per heavy atom. The molecule has 8 nitrogen and oxygen atoms in total. The molecule has 0 spiro atoms. The summed E-state index contributed by atoms with van der Waals surface area (Å²) in [4.78, 5) is 41.8. The lowest BCUT2D eigenvalue weighted by molar-refractivity contribution is -0.139. The zero-order chi connectivity index (χ0) is 29.3. The standard InChI is InChI=1S/C32H37N3O5/c1-7-22-14-11-15-24(20-22)28(29(36)33-25-16-18-26(39-6)19-17-25)35(5)30(37)27(21-23-12-9-8-10-13-23)34-31(38)40-32(2,3)4/h7-20,27-28H,1,21H2,2-6H3,(H,33,36)(H,34,38). The molecule has 3 amide bonds. The number of ether oxygens (including phenoxy) is 2. The third-order valence-corrected chi connectivity index (χ3v) is 6.07. The van der Waals surface area contributed by atoms with Crippen molar-refractivity contribution in [1.82, 2.24) is 10.2 Å². The number of methoxy groups -OCH3 is 1. The van der Waals surface area contributed by atoms with E-state index in [0.29, 0.717) is 17.0 Å². The number of hydrogen-bond donors (Lipinski definition) is 2. The van der Waals surface area contributed by atoms with Gasteiger partial charge in [-0.05, 0) is 67.8 Å². The molecule has 0 aromatic heterocycles. The maximum atomic E-state index is 14.0. The van der Waals surface area contributed by atoms with Gasteiger partial charge in [0.15, 0.2) is 0 Å². The Morgan fingerprint density at radius 2 is 1.65 bits per heavy atom. The van der Waals surface area contributed by atoms with Gasteiger partial charge in [0.25, 0.3) is 5.91 Å². The molecule has 2 N–H and O–H groups in total. The number of carbonyl (C=O) groups is 3. The summed E-state index contributed by atoms with van der Waals surface area (Å²) < 4.78 is 10.6. The minimum atomic E-state index is -1.01. The molecule has 0 aliphatic heterocycles. The molecule has 0 aliphatic carbocycles. The number of alkyl carbamates (subject to hydrolysis) is 1. The van der Waals surface area contributed by atoms with Crippen molar-refractivity contribution in [3.05, 3.63) is 102 Å². The van der Waals surface area contributed by atoms with E-state index in [1.54, 1.807) is 77.4 Å². The number of amides is 3. The van der Waals surface area contributed by atoms with Crippen LogP contribution >= 0.6 is 0 Å². The Morgan fingerprint density at radius 1 is 0.975 bits per heavy atom. The van der Waals surface area contributed by atoms with Gasteiger partial charge in [-0.15, -0.1) is 0 Å². The van der Waals surface area contributed by atoms with Gasteiger partial charge in [-0.2, -0.15) is 0 Å². The molecule has 0 radical (unpaired) electrons. The minimum absolute atomic E-state index is 0.211. The number of nitrogens with zero attached hydrogens (tertiary/aromatic N) is 1. The average molecular weight is 544 g/mol. The van der Waals surface area contributed by atoms with Crippen molar-refractivity contribution in [2.75, 3.05) is 19.5 Å². The third-order valence-electron chi connectivity index (χ3n) is 6.07. The number of likely N-dealkylation sites (N-methyl/N-ethyl adjacent to an activating group) is 1. The van der Waals surface area contributed by atoms with Gasteiger partial charge in [0.2, 0.25) is 5.91 Å². The molecule has 2 atom stereocenters. The van der Waals surface area contributed by atoms with E-state index in [1.807, 2.05) is 42.5 Å². The Labute approximate surface area is 236 Å². The summed E-state index contributed by atoms with van der Waals surface area (Å²) in [6.45, 7) is 9.07. The number of anilines is 1. The van der Waals surface area contributed by atoms with Crippen molar-refractivity contribution in [1.29, 1.82) is 0 Å². The summed E-state index contributed by atoms with van der Waals surface area (Å²) >= 11 is 0. The molecule has 0 saturated carbocycles. The molecule has 0 fully saturated rings. The van der Waals surface area contributed by atoms with E-state index in [1.165, 1.54) is 4.90 Å². The molecule has 210 valence electrons. The van der Waals surface area contributed by atoms with Crippen LogP contribution in [0.25, 0.3) is 6.08 Å². The van der Waals surface area contributed by atoms with Crippen LogP contribution in [0.1, 0.15) is 43.5 Å². The van der Waals surface area contributed by atoms with Crippen molar-refractivity contribution >= 4 is 29.7 Å². The fraction of sp³-hybridized carbons (Fsp3) is 0.281. The molecule has 3 rings (SSSR count). The number of hydrogen-bond acceptors (Lipinski definition) is 5. The summed E-state index contributed by atoms with van der Waals surface area (Å²) in [6, 6.07) is 21.5. The first-order chi connectivity index (χ1) is 19.0. The number of nitrogens with one attached hydrogen (secondary N) is 2. The van der Waals surface area contributed by atoms with Crippen molar-refractivity contribution < 1.29 is 23.9 Å². The SMILES string of the molecule is C=Cc1cccc(C(C(=O)Nc2ccc(OC)cc2)N(C)C(=O)C(Cc2ccccc2)NC(=O)OC(C)(C)C)c1. The van der Waals surface area contributed by atoms with E-state index in [-0.39, 0.29) is 6.42 Å². The van der Waals surface area contributed by atoms with Gasteiger partial charge in [-0.3, -0.25) is 9.59 Å². The van der Waals surface area contributed by atoms with Gasteiger partial charge in [-0.25, -0.2) is 4.79 Å². The molecule has 0 heterocycles. The predicted octanol–water partition coefficient (Wildman–Crippen LogP) is 5.61. The summed E-state index contributed by atoms with van der Waals surface area (Å²) in [6.07, 6.45) is 1.16. The third kappa shape index (κ3) is 8.46. The molecular formula is C32H37N3O5. The van der Waals surface area contributed by atoms with Crippen LogP contribution in [0.3, 0.4) is 0 Å². The largest absolute Gasteiger partial charge is 0.497 e. The van der Waals surface area contributed by atoms with Crippen LogP contribution in [0.15, 0.2) is 85.4 Å². The Kier molecular flexibility index (Phi) is 10.1. The second-order valence-electron chi connectivity index (χ2n) is 10.3. The molecule has 8 heteroatoms. The summed E-state index contributed by atoms with van der Waals surface area (Å²) in [5, 5.41) is 5.62. The zero-order valence-corrected chi connectivity index (χ0v) is 23.6. The van der Waals surface area contributed by atoms with Crippen molar-refractivity contribution in [2.24, 2.45) is 0 Å². The van der Waals surface area contributed by atoms with Crippen molar-refractivity contribution in [3.8, 4) is 5.75 Å². The van der Waals surface area contributed by atoms with Gasteiger partial charge in [0.05, 0.1) is 7.11 Å². The van der Waals surface area contributed by atoms with Gasteiger partial charge >= 0.3 is 6.09 Å². The normalized spacial score (nSPS) is 12.4. The highest BCUT2D eigenvalue weighted by molar-refractivity contribution is 5.99. The Balaban J connectivity index is 1.96. The second-order valence-corrected chi connectivity index (χ2v) is 10.3. The quantitative estimate of drug-likeness (QED) is 0.346. The summed E-state index contributed by atoms with van der Waals surface area (Å²) in [7, 11) is 3.11.